The van der Waals surface area contributed by atoms with Crippen molar-refractivity contribution in [3.8, 4) is 0 Å². The molecule has 0 spiro atoms. The van der Waals surface area contributed by atoms with E-state index in [4.69, 9.17) is 14.2 Å². The third-order valence-electron chi connectivity index (χ3n) is 12.2. The largest absolute Gasteiger partial charge is 0.462 e. The zero-order valence-corrected chi connectivity index (χ0v) is 41.7. The molecule has 1 atom stereocenters. The van der Waals surface area contributed by atoms with Gasteiger partial charge in [-0.2, -0.15) is 0 Å². The van der Waals surface area contributed by atoms with E-state index in [0.717, 1.165) is 64.2 Å². The molecule has 0 saturated carbocycles. The maximum atomic E-state index is 12.8. The van der Waals surface area contributed by atoms with Crippen LogP contribution < -0.4 is 0 Å². The second-order valence-corrected chi connectivity index (χ2v) is 18.5. The SMILES string of the molecule is CCCC/C=C\CCCCCCCC(=O)OCC(COC(=O)CCCCCCCCC/C=C\CCCCCCCCCC)OC(=O)CCCCCCCCCCCCCCCC. The average Bonchev–Trinajstić information content (AvgIpc) is 3.27. The molecule has 0 heterocycles. The van der Waals surface area contributed by atoms with Crippen LogP contribution in [-0.4, -0.2) is 37.2 Å². The maximum absolute atomic E-state index is 12.8. The van der Waals surface area contributed by atoms with Crippen LogP contribution in [0.15, 0.2) is 24.3 Å². The number of hydrogen-bond acceptors (Lipinski definition) is 6. The summed E-state index contributed by atoms with van der Waals surface area (Å²) in [6.45, 7) is 6.62. The Kier molecular flexibility index (Phi) is 49.8. The smallest absolute Gasteiger partial charge is 0.306 e. The first kappa shape index (κ1) is 59.9. The highest BCUT2D eigenvalue weighted by atomic mass is 16.6. The predicted molar refractivity (Wildman–Crippen MR) is 266 cm³/mol. The summed E-state index contributed by atoms with van der Waals surface area (Å²) >= 11 is 0. The summed E-state index contributed by atoms with van der Waals surface area (Å²) in [7, 11) is 0. The number of esters is 3. The molecule has 0 aromatic carbocycles. The van der Waals surface area contributed by atoms with Gasteiger partial charge in [0.1, 0.15) is 13.2 Å². The van der Waals surface area contributed by atoms with E-state index in [1.165, 1.54) is 193 Å². The van der Waals surface area contributed by atoms with Gasteiger partial charge in [0.25, 0.3) is 0 Å². The molecule has 0 saturated heterocycles. The van der Waals surface area contributed by atoms with Crippen molar-refractivity contribution < 1.29 is 28.6 Å². The van der Waals surface area contributed by atoms with Gasteiger partial charge in [-0.05, 0) is 64.2 Å². The van der Waals surface area contributed by atoms with Crippen molar-refractivity contribution in [2.75, 3.05) is 13.2 Å². The Morgan fingerprint density at radius 1 is 0.306 bits per heavy atom. The summed E-state index contributed by atoms with van der Waals surface area (Å²) < 4.78 is 16.8. The molecule has 0 rings (SSSR count). The van der Waals surface area contributed by atoms with Gasteiger partial charge in [0.2, 0.25) is 0 Å². The fraction of sp³-hybridized carbons (Fsp3) is 0.875. The summed E-state index contributed by atoms with van der Waals surface area (Å²) in [6.07, 6.45) is 58.8. The fourth-order valence-electron chi connectivity index (χ4n) is 8.01. The highest BCUT2D eigenvalue weighted by Gasteiger charge is 2.19. The van der Waals surface area contributed by atoms with E-state index in [0.29, 0.717) is 19.3 Å². The van der Waals surface area contributed by atoms with Crippen molar-refractivity contribution >= 4 is 17.9 Å². The Balaban J connectivity index is 4.29. The summed E-state index contributed by atoms with van der Waals surface area (Å²) in [5, 5.41) is 0. The standard InChI is InChI=1S/C56H104O6/c1-4-7-10-13-16-19-22-24-26-27-28-29-30-32-34-37-40-43-46-49-55(58)61-52-53(51-60-54(57)48-45-42-39-36-33-21-18-15-12-9-6-3)62-56(59)50-47-44-41-38-35-31-25-23-20-17-14-11-8-5-2/h15,18,27-28,53H,4-14,16-17,19-26,29-52H2,1-3H3/b18-15-,28-27-. The predicted octanol–water partition coefficient (Wildman–Crippen LogP) is 17.9. The van der Waals surface area contributed by atoms with Crippen molar-refractivity contribution in [3.63, 3.8) is 0 Å². The number of ether oxygens (including phenoxy) is 3. The van der Waals surface area contributed by atoms with Gasteiger partial charge in [-0.3, -0.25) is 14.4 Å². The fourth-order valence-corrected chi connectivity index (χ4v) is 8.01. The molecule has 0 aromatic rings. The average molecular weight is 873 g/mol. The number of hydrogen-bond donors (Lipinski definition) is 0. The highest BCUT2D eigenvalue weighted by molar-refractivity contribution is 5.71. The monoisotopic (exact) mass is 873 g/mol. The van der Waals surface area contributed by atoms with Crippen LogP contribution in [0.4, 0.5) is 0 Å². The van der Waals surface area contributed by atoms with Gasteiger partial charge in [0.05, 0.1) is 0 Å². The summed E-state index contributed by atoms with van der Waals surface area (Å²) in [5.74, 6) is -0.871. The normalized spacial score (nSPS) is 12.1. The second-order valence-electron chi connectivity index (χ2n) is 18.5. The van der Waals surface area contributed by atoms with Gasteiger partial charge in [-0.15, -0.1) is 0 Å². The minimum absolute atomic E-state index is 0.0724. The minimum Gasteiger partial charge on any atom is -0.462 e. The van der Waals surface area contributed by atoms with Crippen molar-refractivity contribution in [1.82, 2.24) is 0 Å². The van der Waals surface area contributed by atoms with E-state index in [9.17, 15) is 14.4 Å². The van der Waals surface area contributed by atoms with E-state index in [2.05, 4.69) is 45.1 Å². The quantitative estimate of drug-likeness (QED) is 0.0262. The first-order valence-corrected chi connectivity index (χ1v) is 27.3. The Labute approximate surface area is 385 Å². The molecule has 0 amide bonds. The van der Waals surface area contributed by atoms with Crippen molar-refractivity contribution in [2.24, 2.45) is 0 Å². The summed E-state index contributed by atoms with van der Waals surface area (Å²) in [4.78, 5) is 38.0. The lowest BCUT2D eigenvalue weighted by Gasteiger charge is -2.18. The Hall–Kier alpha value is -2.11. The lowest BCUT2D eigenvalue weighted by atomic mass is 10.0. The van der Waals surface area contributed by atoms with E-state index in [1.807, 2.05) is 0 Å². The number of rotatable bonds is 50. The molecule has 0 aliphatic carbocycles. The van der Waals surface area contributed by atoms with Gasteiger partial charge in [0, 0.05) is 19.3 Å². The van der Waals surface area contributed by atoms with Crippen LogP contribution in [0.2, 0.25) is 0 Å². The van der Waals surface area contributed by atoms with Crippen LogP contribution in [0.25, 0.3) is 0 Å². The number of carbonyl (C=O) groups excluding carboxylic acids is 3. The zero-order valence-electron chi connectivity index (χ0n) is 41.7. The summed E-state index contributed by atoms with van der Waals surface area (Å²) in [5.41, 5.74) is 0. The number of allylic oxidation sites excluding steroid dienone is 4. The molecule has 0 radical (unpaired) electrons. The molecular weight excluding hydrogens is 769 g/mol. The molecule has 364 valence electrons. The molecule has 0 aliphatic heterocycles. The van der Waals surface area contributed by atoms with Crippen LogP contribution in [0.1, 0.15) is 297 Å². The molecule has 0 N–H and O–H groups in total. The van der Waals surface area contributed by atoms with Crippen molar-refractivity contribution in [2.45, 2.75) is 303 Å². The van der Waals surface area contributed by atoms with Crippen LogP contribution in [0, 0.1) is 0 Å². The van der Waals surface area contributed by atoms with Gasteiger partial charge in [0.15, 0.2) is 6.10 Å². The molecule has 0 aliphatic rings. The number of carbonyl (C=O) groups is 3. The molecule has 6 heteroatoms. The maximum Gasteiger partial charge on any atom is 0.306 e. The lowest BCUT2D eigenvalue weighted by molar-refractivity contribution is -0.167. The van der Waals surface area contributed by atoms with Crippen LogP contribution in [0.5, 0.6) is 0 Å². The van der Waals surface area contributed by atoms with Crippen LogP contribution in [0.3, 0.4) is 0 Å². The van der Waals surface area contributed by atoms with Crippen molar-refractivity contribution in [1.29, 1.82) is 0 Å². The van der Waals surface area contributed by atoms with Gasteiger partial charge in [-0.25, -0.2) is 0 Å². The second kappa shape index (κ2) is 51.5. The molecular formula is C56H104O6. The third-order valence-corrected chi connectivity index (χ3v) is 12.2. The molecule has 6 nitrogen and oxygen atoms in total. The van der Waals surface area contributed by atoms with Gasteiger partial charge >= 0.3 is 17.9 Å². The minimum atomic E-state index is -0.771. The van der Waals surface area contributed by atoms with E-state index < -0.39 is 6.10 Å². The van der Waals surface area contributed by atoms with E-state index in [1.54, 1.807) is 0 Å². The molecule has 0 bridgehead atoms. The molecule has 0 aromatic heterocycles. The summed E-state index contributed by atoms with van der Waals surface area (Å²) in [6, 6.07) is 0. The Morgan fingerprint density at radius 3 is 0.855 bits per heavy atom. The third kappa shape index (κ3) is 48.9. The van der Waals surface area contributed by atoms with Crippen LogP contribution >= 0.6 is 0 Å². The zero-order chi connectivity index (χ0) is 45.1. The van der Waals surface area contributed by atoms with E-state index >= 15 is 0 Å². The Bertz CT molecular complexity index is 1000. The highest BCUT2D eigenvalue weighted by Crippen LogP contribution is 2.16. The van der Waals surface area contributed by atoms with Crippen LogP contribution in [-0.2, 0) is 28.6 Å². The molecule has 62 heavy (non-hydrogen) atoms. The Morgan fingerprint density at radius 2 is 0.548 bits per heavy atom. The lowest BCUT2D eigenvalue weighted by Crippen LogP contribution is -2.30. The molecule has 1 unspecified atom stereocenters. The topological polar surface area (TPSA) is 78.9 Å². The first-order chi connectivity index (χ1) is 30.5. The number of unbranched alkanes of at least 4 members (excludes halogenated alkanes) is 35. The van der Waals surface area contributed by atoms with E-state index in [-0.39, 0.29) is 31.1 Å². The van der Waals surface area contributed by atoms with Gasteiger partial charge < -0.3 is 14.2 Å². The van der Waals surface area contributed by atoms with Crippen molar-refractivity contribution in [3.05, 3.63) is 24.3 Å². The first-order valence-electron chi connectivity index (χ1n) is 27.3. The van der Waals surface area contributed by atoms with Gasteiger partial charge in [-0.1, -0.05) is 238 Å². The molecule has 0 fully saturated rings.